The molecular formula is C22H17Br2N5O. The van der Waals surface area contributed by atoms with E-state index < -0.39 is 0 Å². The van der Waals surface area contributed by atoms with Crippen LogP contribution in [0.1, 0.15) is 30.7 Å². The highest BCUT2D eigenvalue weighted by Crippen LogP contribution is 2.36. The molecule has 0 aliphatic rings. The van der Waals surface area contributed by atoms with Crippen molar-refractivity contribution in [3.63, 3.8) is 0 Å². The van der Waals surface area contributed by atoms with Crippen molar-refractivity contribution in [3.05, 3.63) is 68.2 Å². The molecule has 0 saturated heterocycles. The maximum Gasteiger partial charge on any atom is 0.145 e. The van der Waals surface area contributed by atoms with Crippen LogP contribution in [-0.4, -0.2) is 15.9 Å². The number of ether oxygens (including phenoxy) is 1. The third-order valence-electron chi connectivity index (χ3n) is 4.10. The molecule has 0 radical (unpaired) electrons. The standard InChI is InChI=1S/C22H17Br2N5O/c1-13(2)30-21-14(9-16(23)10-19(21)24)8-15(11-25)20-18(12-26)22(27)29(28-20)17-6-4-3-5-7-17/h3-10,13H,27H2,1-2H3/b15-8-. The molecule has 8 heteroatoms. The van der Waals surface area contributed by atoms with Gasteiger partial charge in [-0.05, 0) is 60.1 Å². The van der Waals surface area contributed by atoms with Crippen molar-refractivity contribution in [3.8, 4) is 23.6 Å². The fourth-order valence-electron chi connectivity index (χ4n) is 2.85. The third-order valence-corrected chi connectivity index (χ3v) is 5.15. The summed E-state index contributed by atoms with van der Waals surface area (Å²) in [6.45, 7) is 3.84. The fourth-order valence-corrected chi connectivity index (χ4v) is 4.20. The van der Waals surface area contributed by atoms with Gasteiger partial charge in [-0.25, -0.2) is 4.68 Å². The van der Waals surface area contributed by atoms with Gasteiger partial charge in [0.2, 0.25) is 0 Å². The fraction of sp³-hybridized carbons (Fsp3) is 0.136. The molecule has 2 aromatic carbocycles. The predicted molar refractivity (Wildman–Crippen MR) is 124 cm³/mol. The van der Waals surface area contributed by atoms with Crippen molar-refractivity contribution in [1.82, 2.24) is 9.78 Å². The normalized spacial score (nSPS) is 11.2. The molecule has 0 saturated carbocycles. The lowest BCUT2D eigenvalue weighted by Gasteiger charge is -2.15. The van der Waals surface area contributed by atoms with Crippen LogP contribution in [0.25, 0.3) is 17.3 Å². The van der Waals surface area contributed by atoms with Crippen molar-refractivity contribution in [2.24, 2.45) is 0 Å². The molecule has 150 valence electrons. The van der Waals surface area contributed by atoms with Crippen LogP contribution in [0.15, 0.2) is 51.4 Å². The summed E-state index contributed by atoms with van der Waals surface area (Å²) in [6, 6.07) is 17.1. The molecule has 30 heavy (non-hydrogen) atoms. The first-order valence-electron chi connectivity index (χ1n) is 8.97. The highest BCUT2D eigenvalue weighted by atomic mass is 79.9. The molecule has 1 aromatic heterocycles. The lowest BCUT2D eigenvalue weighted by molar-refractivity contribution is 0.240. The summed E-state index contributed by atoms with van der Waals surface area (Å²) >= 11 is 6.98. The minimum Gasteiger partial charge on any atom is -0.489 e. The number of rotatable bonds is 5. The van der Waals surface area contributed by atoms with Gasteiger partial charge >= 0.3 is 0 Å². The zero-order chi connectivity index (χ0) is 21.8. The summed E-state index contributed by atoms with van der Waals surface area (Å²) in [5.41, 5.74) is 8.10. The largest absolute Gasteiger partial charge is 0.489 e. The Bertz CT molecular complexity index is 1200. The lowest BCUT2D eigenvalue weighted by Crippen LogP contribution is -2.07. The Kier molecular flexibility index (Phi) is 6.61. The number of nitrogens with zero attached hydrogens (tertiary/aromatic N) is 4. The predicted octanol–water partition coefficient (Wildman–Crippen LogP) is 5.70. The molecule has 0 aliphatic carbocycles. The van der Waals surface area contributed by atoms with Crippen molar-refractivity contribution < 1.29 is 4.74 Å². The summed E-state index contributed by atoms with van der Waals surface area (Å²) in [4.78, 5) is 0. The number of aromatic nitrogens is 2. The highest BCUT2D eigenvalue weighted by molar-refractivity contribution is 9.11. The first-order chi connectivity index (χ1) is 14.3. The van der Waals surface area contributed by atoms with Gasteiger partial charge in [0.05, 0.1) is 21.8 Å². The van der Waals surface area contributed by atoms with E-state index in [0.29, 0.717) is 17.0 Å². The van der Waals surface area contributed by atoms with E-state index in [1.807, 2.05) is 56.3 Å². The van der Waals surface area contributed by atoms with E-state index in [0.717, 1.165) is 8.95 Å². The highest BCUT2D eigenvalue weighted by Gasteiger charge is 2.21. The molecule has 3 rings (SSSR count). The maximum absolute atomic E-state index is 9.86. The monoisotopic (exact) mass is 525 g/mol. The number of hydrogen-bond acceptors (Lipinski definition) is 5. The van der Waals surface area contributed by atoms with Gasteiger partial charge in [-0.3, -0.25) is 0 Å². The lowest BCUT2D eigenvalue weighted by atomic mass is 10.1. The number of nitrogens with two attached hydrogens (primary N) is 1. The van der Waals surface area contributed by atoms with Gasteiger partial charge < -0.3 is 10.5 Å². The third kappa shape index (κ3) is 4.40. The second kappa shape index (κ2) is 9.17. The number of allylic oxidation sites excluding steroid dienone is 1. The van der Waals surface area contributed by atoms with Gasteiger partial charge in [0.25, 0.3) is 0 Å². The first-order valence-corrected chi connectivity index (χ1v) is 10.6. The zero-order valence-corrected chi connectivity index (χ0v) is 19.4. The molecule has 0 fully saturated rings. The van der Waals surface area contributed by atoms with Gasteiger partial charge in [-0.2, -0.15) is 15.6 Å². The number of hydrogen-bond donors (Lipinski definition) is 1. The number of nitriles is 2. The molecule has 0 aliphatic heterocycles. The summed E-state index contributed by atoms with van der Waals surface area (Å²) in [5, 5.41) is 24.0. The average molecular weight is 527 g/mol. The van der Waals surface area contributed by atoms with Crippen LogP contribution < -0.4 is 10.5 Å². The Morgan fingerprint density at radius 3 is 2.50 bits per heavy atom. The van der Waals surface area contributed by atoms with Gasteiger partial charge in [-0.15, -0.1) is 0 Å². The number of para-hydroxylation sites is 1. The number of anilines is 1. The van der Waals surface area contributed by atoms with Gasteiger partial charge in [0.15, 0.2) is 0 Å². The van der Waals surface area contributed by atoms with Crippen LogP contribution in [0, 0.1) is 22.7 Å². The van der Waals surface area contributed by atoms with E-state index in [1.165, 1.54) is 4.68 Å². The second-order valence-electron chi connectivity index (χ2n) is 6.61. The topological polar surface area (TPSA) is 101 Å². The first kappa shape index (κ1) is 21.6. The van der Waals surface area contributed by atoms with Crippen LogP contribution in [0.4, 0.5) is 5.82 Å². The minimum absolute atomic E-state index is 0.0669. The Morgan fingerprint density at radius 1 is 1.20 bits per heavy atom. The molecular weight excluding hydrogens is 510 g/mol. The van der Waals surface area contributed by atoms with Gasteiger partial charge in [0.1, 0.15) is 35.0 Å². The van der Waals surface area contributed by atoms with E-state index in [-0.39, 0.29) is 28.8 Å². The van der Waals surface area contributed by atoms with Crippen LogP contribution in [-0.2, 0) is 0 Å². The van der Waals surface area contributed by atoms with Crippen molar-refractivity contribution >= 4 is 49.3 Å². The Balaban J connectivity index is 2.20. The van der Waals surface area contributed by atoms with Crippen LogP contribution in [0.2, 0.25) is 0 Å². The quantitative estimate of drug-likeness (QED) is 0.429. The molecule has 0 atom stereocenters. The second-order valence-corrected chi connectivity index (χ2v) is 8.38. The van der Waals surface area contributed by atoms with Crippen molar-refractivity contribution in [2.75, 3.05) is 5.73 Å². The Hall–Kier alpha value is -3.07. The molecule has 2 N–H and O–H groups in total. The van der Waals surface area contributed by atoms with Crippen LogP contribution in [0.3, 0.4) is 0 Å². The van der Waals surface area contributed by atoms with E-state index >= 15 is 0 Å². The zero-order valence-electron chi connectivity index (χ0n) is 16.2. The summed E-state index contributed by atoms with van der Waals surface area (Å²) in [7, 11) is 0. The summed E-state index contributed by atoms with van der Waals surface area (Å²) < 4.78 is 8.94. The van der Waals surface area contributed by atoms with Gasteiger partial charge in [0, 0.05) is 10.0 Å². The summed E-state index contributed by atoms with van der Waals surface area (Å²) in [6.07, 6.45) is 1.58. The molecule has 0 bridgehead atoms. The van der Waals surface area contributed by atoms with E-state index in [4.69, 9.17) is 10.5 Å². The number of halogens is 2. The van der Waals surface area contributed by atoms with Crippen LogP contribution >= 0.6 is 31.9 Å². The molecule has 3 aromatic rings. The van der Waals surface area contributed by atoms with Crippen LogP contribution in [0.5, 0.6) is 5.75 Å². The summed E-state index contributed by atoms with van der Waals surface area (Å²) in [5.74, 6) is 0.767. The Morgan fingerprint density at radius 2 is 1.90 bits per heavy atom. The molecule has 0 amide bonds. The smallest absolute Gasteiger partial charge is 0.145 e. The van der Waals surface area contributed by atoms with E-state index in [1.54, 1.807) is 6.08 Å². The van der Waals surface area contributed by atoms with Crippen molar-refractivity contribution in [1.29, 1.82) is 10.5 Å². The molecule has 0 spiro atoms. The molecule has 1 heterocycles. The van der Waals surface area contributed by atoms with Crippen molar-refractivity contribution in [2.45, 2.75) is 20.0 Å². The van der Waals surface area contributed by atoms with E-state index in [9.17, 15) is 10.5 Å². The SMILES string of the molecule is CC(C)Oc1c(Br)cc(Br)cc1/C=C(/C#N)c1nn(-c2ccccc2)c(N)c1C#N. The molecule has 0 unspecified atom stereocenters. The number of nitrogen functional groups attached to an aromatic ring is 1. The van der Waals surface area contributed by atoms with E-state index in [2.05, 4.69) is 49.1 Å². The maximum atomic E-state index is 9.86. The average Bonchev–Trinajstić information content (AvgIpc) is 3.05. The minimum atomic E-state index is -0.0669. The Labute approximate surface area is 191 Å². The number of benzene rings is 2. The van der Waals surface area contributed by atoms with Gasteiger partial charge in [-0.1, -0.05) is 34.1 Å². The molecule has 6 nitrogen and oxygen atoms in total.